The Labute approximate surface area is 166 Å². The van der Waals surface area contributed by atoms with Crippen molar-refractivity contribution < 1.29 is 14.3 Å². The van der Waals surface area contributed by atoms with Crippen LogP contribution in [0, 0.1) is 0 Å². The lowest BCUT2D eigenvalue weighted by Gasteiger charge is -2.25. The van der Waals surface area contributed by atoms with E-state index in [0.717, 1.165) is 17.0 Å². The smallest absolute Gasteiger partial charge is 0.249 e. The summed E-state index contributed by atoms with van der Waals surface area (Å²) in [6, 6.07) is 16.8. The first-order valence-corrected chi connectivity index (χ1v) is 9.72. The summed E-state index contributed by atoms with van der Waals surface area (Å²) in [6.45, 7) is 5.58. The summed E-state index contributed by atoms with van der Waals surface area (Å²) in [7, 11) is 0. The zero-order valence-electron chi connectivity index (χ0n) is 16.4. The zero-order chi connectivity index (χ0) is 19.9. The molecule has 0 aromatic heterocycles. The van der Waals surface area contributed by atoms with Gasteiger partial charge in [-0.2, -0.15) is 0 Å². The van der Waals surface area contributed by atoms with Crippen LogP contribution in [-0.4, -0.2) is 42.5 Å². The molecule has 28 heavy (non-hydrogen) atoms. The third-order valence-electron chi connectivity index (χ3n) is 4.85. The molecule has 5 nitrogen and oxygen atoms in total. The Morgan fingerprint density at radius 3 is 2.50 bits per heavy atom. The fourth-order valence-corrected chi connectivity index (χ4v) is 3.45. The minimum Gasteiger partial charge on any atom is -0.494 e. The maximum absolute atomic E-state index is 12.9. The summed E-state index contributed by atoms with van der Waals surface area (Å²) in [5, 5.41) is 0. The number of para-hydroxylation sites is 1. The Kier molecular flexibility index (Phi) is 6.48. The molecule has 1 heterocycles. The van der Waals surface area contributed by atoms with Crippen LogP contribution in [0.4, 0.5) is 5.69 Å². The van der Waals surface area contributed by atoms with E-state index in [1.54, 1.807) is 15.9 Å². The number of anilines is 1. The number of hydrogen-bond acceptors (Lipinski definition) is 3. The number of likely N-dealkylation sites (N-methyl/N-ethyl adjacent to an activating group) is 1. The van der Waals surface area contributed by atoms with E-state index >= 15 is 0 Å². The number of benzene rings is 2. The molecule has 0 bridgehead atoms. The highest BCUT2D eigenvalue weighted by atomic mass is 16.5. The predicted molar refractivity (Wildman–Crippen MR) is 111 cm³/mol. The third-order valence-corrected chi connectivity index (χ3v) is 4.85. The fraction of sp³-hybridized carbons (Fsp3) is 0.304. The van der Waals surface area contributed by atoms with Crippen molar-refractivity contribution in [3.8, 4) is 5.75 Å². The second-order valence-corrected chi connectivity index (χ2v) is 6.59. The Hall–Kier alpha value is -3.08. The van der Waals surface area contributed by atoms with Gasteiger partial charge in [-0.05, 0) is 56.2 Å². The number of amides is 2. The van der Waals surface area contributed by atoms with Gasteiger partial charge >= 0.3 is 0 Å². The van der Waals surface area contributed by atoms with Crippen molar-refractivity contribution >= 4 is 23.6 Å². The average molecular weight is 378 g/mol. The molecule has 1 saturated heterocycles. The Bertz CT molecular complexity index is 831. The summed E-state index contributed by atoms with van der Waals surface area (Å²) < 4.78 is 5.43. The summed E-state index contributed by atoms with van der Waals surface area (Å²) in [6.07, 6.45) is 3.96. The van der Waals surface area contributed by atoms with Crippen molar-refractivity contribution in [2.75, 3.05) is 24.6 Å². The first-order chi connectivity index (χ1) is 13.6. The number of rotatable bonds is 7. The molecule has 1 fully saturated rings. The van der Waals surface area contributed by atoms with E-state index in [1.807, 2.05) is 68.4 Å². The van der Waals surface area contributed by atoms with Crippen molar-refractivity contribution in [2.45, 2.75) is 26.3 Å². The molecule has 3 rings (SSSR count). The molecule has 0 saturated carbocycles. The van der Waals surface area contributed by atoms with Crippen molar-refractivity contribution in [3.63, 3.8) is 0 Å². The second kappa shape index (κ2) is 9.22. The molecule has 0 aliphatic carbocycles. The molecule has 2 aromatic carbocycles. The van der Waals surface area contributed by atoms with Crippen LogP contribution in [0.25, 0.3) is 6.08 Å². The van der Waals surface area contributed by atoms with Gasteiger partial charge in [0.15, 0.2) is 0 Å². The topological polar surface area (TPSA) is 49.9 Å². The summed E-state index contributed by atoms with van der Waals surface area (Å²) in [4.78, 5) is 29.0. The molecule has 2 aromatic rings. The molecule has 2 amide bonds. The van der Waals surface area contributed by atoms with Gasteiger partial charge in [0.1, 0.15) is 11.8 Å². The van der Waals surface area contributed by atoms with Crippen molar-refractivity contribution in [2.24, 2.45) is 0 Å². The van der Waals surface area contributed by atoms with Gasteiger partial charge in [0.05, 0.1) is 6.61 Å². The Morgan fingerprint density at radius 2 is 1.86 bits per heavy atom. The molecule has 0 spiro atoms. The standard InChI is InChI=1S/C23H26N2O3/c1-3-24(21-16-17-25(23(21)27)19-8-6-5-7-9-19)22(26)15-12-18-10-13-20(14-11-18)28-4-2/h5-15,21H,3-4,16-17H2,1-2H3/b15-12+. The Balaban J connectivity index is 1.67. The number of carbonyl (C=O) groups excluding carboxylic acids is 2. The van der Waals surface area contributed by atoms with E-state index in [9.17, 15) is 9.59 Å². The van der Waals surface area contributed by atoms with E-state index in [4.69, 9.17) is 4.74 Å². The van der Waals surface area contributed by atoms with Gasteiger partial charge in [-0.3, -0.25) is 9.59 Å². The summed E-state index contributed by atoms with van der Waals surface area (Å²) >= 11 is 0. The van der Waals surface area contributed by atoms with Gasteiger partial charge in [-0.25, -0.2) is 0 Å². The monoisotopic (exact) mass is 378 g/mol. The Morgan fingerprint density at radius 1 is 1.14 bits per heavy atom. The third kappa shape index (κ3) is 4.42. The summed E-state index contributed by atoms with van der Waals surface area (Å²) in [5.41, 5.74) is 1.79. The molecule has 5 heteroatoms. The van der Waals surface area contributed by atoms with Gasteiger partial charge in [-0.1, -0.05) is 30.3 Å². The highest BCUT2D eigenvalue weighted by molar-refractivity contribution is 6.03. The second-order valence-electron chi connectivity index (χ2n) is 6.59. The van der Waals surface area contributed by atoms with Gasteiger partial charge in [-0.15, -0.1) is 0 Å². The number of ether oxygens (including phenoxy) is 1. The van der Waals surface area contributed by atoms with Crippen LogP contribution in [0.2, 0.25) is 0 Å². The molecule has 0 radical (unpaired) electrons. The molecular formula is C23H26N2O3. The van der Waals surface area contributed by atoms with E-state index in [2.05, 4.69) is 0 Å². The van der Waals surface area contributed by atoms with Gasteiger partial charge in [0.25, 0.3) is 0 Å². The first-order valence-electron chi connectivity index (χ1n) is 9.72. The van der Waals surface area contributed by atoms with Gasteiger partial charge in [0.2, 0.25) is 11.8 Å². The number of nitrogens with zero attached hydrogens (tertiary/aromatic N) is 2. The largest absolute Gasteiger partial charge is 0.494 e. The van der Waals surface area contributed by atoms with E-state index < -0.39 is 6.04 Å². The quantitative estimate of drug-likeness (QED) is 0.690. The summed E-state index contributed by atoms with van der Waals surface area (Å²) in [5.74, 6) is 0.638. The van der Waals surface area contributed by atoms with Crippen LogP contribution in [0.1, 0.15) is 25.8 Å². The van der Waals surface area contributed by atoms with Crippen LogP contribution in [0.5, 0.6) is 5.75 Å². The molecule has 1 atom stereocenters. The molecule has 0 N–H and O–H groups in total. The first kappa shape index (κ1) is 19.7. The zero-order valence-corrected chi connectivity index (χ0v) is 16.4. The van der Waals surface area contributed by atoms with Crippen LogP contribution in [-0.2, 0) is 9.59 Å². The maximum atomic E-state index is 12.9. The number of hydrogen-bond donors (Lipinski definition) is 0. The lowest BCUT2D eigenvalue weighted by atomic mass is 10.1. The SMILES string of the molecule is CCOc1ccc(/C=C/C(=O)N(CC)C2CCN(c3ccccc3)C2=O)cc1. The van der Waals surface area contributed by atoms with E-state index in [-0.39, 0.29) is 11.8 Å². The van der Waals surface area contributed by atoms with Crippen LogP contribution in [0.15, 0.2) is 60.7 Å². The van der Waals surface area contributed by atoms with E-state index in [1.165, 1.54) is 6.08 Å². The van der Waals surface area contributed by atoms with Crippen LogP contribution in [0.3, 0.4) is 0 Å². The van der Waals surface area contributed by atoms with Crippen molar-refractivity contribution in [3.05, 3.63) is 66.2 Å². The molecule has 146 valence electrons. The predicted octanol–water partition coefficient (Wildman–Crippen LogP) is 3.75. The number of carbonyl (C=O) groups is 2. The van der Waals surface area contributed by atoms with Crippen molar-refractivity contribution in [1.29, 1.82) is 0 Å². The normalized spacial score (nSPS) is 16.6. The minimum atomic E-state index is -0.414. The average Bonchev–Trinajstić information content (AvgIpc) is 3.10. The molecule has 1 aliphatic rings. The molecule has 1 aliphatic heterocycles. The van der Waals surface area contributed by atoms with E-state index in [0.29, 0.717) is 26.1 Å². The van der Waals surface area contributed by atoms with Crippen LogP contribution >= 0.6 is 0 Å². The van der Waals surface area contributed by atoms with Gasteiger partial charge in [0, 0.05) is 24.9 Å². The van der Waals surface area contributed by atoms with Crippen molar-refractivity contribution in [1.82, 2.24) is 4.90 Å². The maximum Gasteiger partial charge on any atom is 0.249 e. The molecular weight excluding hydrogens is 352 g/mol. The molecule has 1 unspecified atom stereocenters. The van der Waals surface area contributed by atoms with Gasteiger partial charge < -0.3 is 14.5 Å². The lowest BCUT2D eigenvalue weighted by Crippen LogP contribution is -2.44. The minimum absolute atomic E-state index is 0.0177. The van der Waals surface area contributed by atoms with Crippen LogP contribution < -0.4 is 9.64 Å². The fourth-order valence-electron chi connectivity index (χ4n) is 3.45. The highest BCUT2D eigenvalue weighted by Gasteiger charge is 2.37. The lowest BCUT2D eigenvalue weighted by molar-refractivity contribution is -0.134. The highest BCUT2D eigenvalue weighted by Crippen LogP contribution is 2.24.